The van der Waals surface area contributed by atoms with E-state index in [1.54, 1.807) is 22.9 Å². The normalized spacial score (nSPS) is 20.5. The highest BCUT2D eigenvalue weighted by molar-refractivity contribution is 7.91. The SMILES string of the molecule is Cc1nn([C@@H]2CCS(=O)(=O)C2)c2nc3c(c(C(=O)Nc4ccc5c(c4)NC(=O)CO5)c12)CCC3. The van der Waals surface area contributed by atoms with Gasteiger partial charge in [0.05, 0.1) is 39.9 Å². The van der Waals surface area contributed by atoms with E-state index in [0.717, 1.165) is 30.5 Å². The summed E-state index contributed by atoms with van der Waals surface area (Å²) in [4.78, 5) is 30.1. The van der Waals surface area contributed by atoms with E-state index in [1.165, 1.54) is 0 Å². The second-order valence-electron chi connectivity index (χ2n) is 9.05. The second kappa shape index (κ2) is 7.52. The topological polar surface area (TPSA) is 132 Å². The lowest BCUT2D eigenvalue weighted by Crippen LogP contribution is -2.25. The first-order valence-electron chi connectivity index (χ1n) is 11.3. The predicted octanol–water partition coefficient (Wildman–Crippen LogP) is 2.17. The molecule has 6 rings (SSSR count). The molecule has 10 nitrogen and oxygen atoms in total. The molecule has 34 heavy (non-hydrogen) atoms. The molecule has 3 aromatic rings. The number of sulfone groups is 1. The average Bonchev–Trinajstić information content (AvgIpc) is 3.49. The largest absolute Gasteiger partial charge is 0.482 e. The third-order valence-corrected chi connectivity index (χ3v) is 8.44. The van der Waals surface area contributed by atoms with Gasteiger partial charge in [-0.15, -0.1) is 0 Å². The van der Waals surface area contributed by atoms with Crippen LogP contribution < -0.4 is 15.4 Å². The number of hydrogen-bond donors (Lipinski definition) is 2. The van der Waals surface area contributed by atoms with Gasteiger partial charge in [-0.3, -0.25) is 9.59 Å². The van der Waals surface area contributed by atoms with Crippen molar-refractivity contribution in [1.82, 2.24) is 14.8 Å². The van der Waals surface area contributed by atoms with Crippen molar-refractivity contribution in [2.24, 2.45) is 0 Å². The Bertz CT molecular complexity index is 1490. The summed E-state index contributed by atoms with van der Waals surface area (Å²) in [6.45, 7) is 1.79. The first-order chi connectivity index (χ1) is 16.3. The summed E-state index contributed by atoms with van der Waals surface area (Å²) in [7, 11) is -3.10. The number of fused-ring (bicyclic) bond motifs is 3. The lowest BCUT2D eigenvalue weighted by atomic mass is 10.0. The average molecular weight is 482 g/mol. The fourth-order valence-corrected chi connectivity index (χ4v) is 6.85. The summed E-state index contributed by atoms with van der Waals surface area (Å²) < 4.78 is 31.3. The van der Waals surface area contributed by atoms with E-state index in [-0.39, 0.29) is 36.0 Å². The zero-order valence-corrected chi connectivity index (χ0v) is 19.4. The maximum Gasteiger partial charge on any atom is 0.262 e. The van der Waals surface area contributed by atoms with Crippen molar-refractivity contribution >= 4 is 44.1 Å². The standard InChI is InChI=1S/C23H23N5O5S/c1-12-20-21(23(30)24-13-5-6-18-17(9-13)25-19(29)10-33-18)15-3-2-4-16(15)26-22(20)28(27-12)14-7-8-34(31,32)11-14/h5-6,9,14H,2-4,7-8,10-11H2,1H3,(H,24,30)(H,25,29)/t14-/m1/s1. The molecule has 176 valence electrons. The van der Waals surface area contributed by atoms with Gasteiger partial charge >= 0.3 is 0 Å². The first kappa shape index (κ1) is 21.1. The number of benzene rings is 1. The van der Waals surface area contributed by atoms with Gasteiger partial charge < -0.3 is 15.4 Å². The number of hydrogen-bond acceptors (Lipinski definition) is 7. The number of aryl methyl sites for hydroxylation is 2. The number of nitrogens with one attached hydrogen (secondary N) is 2. The van der Waals surface area contributed by atoms with Crippen molar-refractivity contribution in [3.05, 3.63) is 40.7 Å². The van der Waals surface area contributed by atoms with Crippen molar-refractivity contribution in [1.29, 1.82) is 0 Å². The van der Waals surface area contributed by atoms with E-state index in [0.29, 0.717) is 45.8 Å². The molecule has 1 aliphatic carbocycles. The summed E-state index contributed by atoms with van der Waals surface area (Å²) in [5.41, 5.74) is 4.57. The molecule has 0 saturated carbocycles. The Balaban J connectivity index is 1.42. The Morgan fingerprint density at radius 2 is 2.15 bits per heavy atom. The highest BCUT2D eigenvalue weighted by Gasteiger charge is 2.34. The number of aromatic nitrogens is 3. The van der Waals surface area contributed by atoms with E-state index in [9.17, 15) is 18.0 Å². The molecule has 1 aromatic carbocycles. The summed E-state index contributed by atoms with van der Waals surface area (Å²) >= 11 is 0. The Labute approximate surface area is 195 Å². The van der Waals surface area contributed by atoms with Gasteiger partial charge in [-0.25, -0.2) is 18.1 Å². The van der Waals surface area contributed by atoms with E-state index < -0.39 is 9.84 Å². The molecule has 11 heteroatoms. The molecular weight excluding hydrogens is 458 g/mol. The third kappa shape index (κ3) is 3.42. The van der Waals surface area contributed by atoms with Crippen LogP contribution in [0, 0.1) is 6.92 Å². The van der Waals surface area contributed by atoms with Crippen LogP contribution in [0.1, 0.15) is 46.2 Å². The number of carbonyl (C=O) groups excluding carboxylic acids is 2. The number of amides is 2. The van der Waals surface area contributed by atoms with Gasteiger partial charge in [-0.2, -0.15) is 5.10 Å². The van der Waals surface area contributed by atoms with Crippen LogP contribution in [0.25, 0.3) is 11.0 Å². The number of anilines is 2. The van der Waals surface area contributed by atoms with Gasteiger partial charge in [0, 0.05) is 11.4 Å². The van der Waals surface area contributed by atoms with Crippen molar-refractivity contribution in [2.75, 3.05) is 28.7 Å². The molecule has 0 unspecified atom stereocenters. The van der Waals surface area contributed by atoms with Crippen molar-refractivity contribution in [3.63, 3.8) is 0 Å². The zero-order chi connectivity index (χ0) is 23.6. The van der Waals surface area contributed by atoms with Crippen LogP contribution in [0.2, 0.25) is 0 Å². The summed E-state index contributed by atoms with van der Waals surface area (Å²) in [6, 6.07) is 4.82. The third-order valence-electron chi connectivity index (χ3n) is 6.69. The number of pyridine rings is 1. The number of rotatable bonds is 3. The van der Waals surface area contributed by atoms with Crippen LogP contribution in [0.3, 0.4) is 0 Å². The highest BCUT2D eigenvalue weighted by Crippen LogP contribution is 2.36. The molecule has 0 radical (unpaired) electrons. The van der Waals surface area contributed by atoms with Crippen LogP contribution in [0.5, 0.6) is 5.75 Å². The number of ether oxygens (including phenoxy) is 1. The van der Waals surface area contributed by atoms with Crippen LogP contribution in [-0.2, 0) is 27.5 Å². The molecule has 0 bridgehead atoms. The van der Waals surface area contributed by atoms with Gasteiger partial charge in [0.1, 0.15) is 5.75 Å². The van der Waals surface area contributed by atoms with E-state index in [2.05, 4.69) is 15.7 Å². The van der Waals surface area contributed by atoms with Gasteiger partial charge in [0.15, 0.2) is 22.1 Å². The maximum absolute atomic E-state index is 13.6. The molecule has 4 heterocycles. The molecule has 1 fully saturated rings. The number of nitrogens with zero attached hydrogens (tertiary/aromatic N) is 3. The van der Waals surface area contributed by atoms with E-state index in [4.69, 9.17) is 9.72 Å². The van der Waals surface area contributed by atoms with Gasteiger partial charge in [-0.05, 0) is 56.4 Å². The Kier molecular flexibility index (Phi) is 4.67. The van der Waals surface area contributed by atoms with E-state index in [1.807, 2.05) is 6.92 Å². The predicted molar refractivity (Wildman–Crippen MR) is 125 cm³/mol. The Morgan fingerprint density at radius 3 is 2.94 bits per heavy atom. The minimum absolute atomic E-state index is 0.0342. The molecule has 1 atom stereocenters. The molecule has 3 aliphatic rings. The minimum Gasteiger partial charge on any atom is -0.482 e. The van der Waals surface area contributed by atoms with Gasteiger partial charge in [-0.1, -0.05) is 0 Å². The lowest BCUT2D eigenvalue weighted by molar-refractivity contribution is -0.118. The van der Waals surface area contributed by atoms with Gasteiger partial charge in [0.25, 0.3) is 11.8 Å². The molecule has 2 N–H and O–H groups in total. The second-order valence-corrected chi connectivity index (χ2v) is 11.3. The van der Waals surface area contributed by atoms with Crippen LogP contribution >= 0.6 is 0 Å². The summed E-state index contributed by atoms with van der Waals surface area (Å²) in [6.07, 6.45) is 2.90. The smallest absolute Gasteiger partial charge is 0.262 e. The van der Waals surface area contributed by atoms with Crippen LogP contribution in [0.4, 0.5) is 11.4 Å². The quantitative estimate of drug-likeness (QED) is 0.586. The zero-order valence-electron chi connectivity index (χ0n) is 18.6. The van der Waals surface area contributed by atoms with Crippen molar-refractivity contribution < 1.29 is 22.7 Å². The number of carbonyl (C=O) groups is 2. The van der Waals surface area contributed by atoms with Gasteiger partial charge in [0.2, 0.25) is 0 Å². The molecular formula is C23H23N5O5S. The fourth-order valence-electron chi connectivity index (χ4n) is 5.16. The van der Waals surface area contributed by atoms with E-state index >= 15 is 0 Å². The maximum atomic E-state index is 13.6. The monoisotopic (exact) mass is 481 g/mol. The van der Waals surface area contributed by atoms with Crippen LogP contribution in [-0.4, -0.2) is 53.1 Å². The first-order valence-corrected chi connectivity index (χ1v) is 13.1. The molecule has 2 amide bonds. The summed E-state index contributed by atoms with van der Waals surface area (Å²) in [5.74, 6) is 0.187. The Hall–Kier alpha value is -3.47. The van der Waals surface area contributed by atoms with Crippen molar-refractivity contribution in [3.8, 4) is 5.75 Å². The van der Waals surface area contributed by atoms with Crippen LogP contribution in [0.15, 0.2) is 18.2 Å². The lowest BCUT2D eigenvalue weighted by Gasteiger charge is -2.19. The minimum atomic E-state index is -3.10. The fraction of sp³-hybridized carbons (Fsp3) is 0.391. The van der Waals surface area contributed by atoms with Crippen molar-refractivity contribution in [2.45, 2.75) is 38.6 Å². The molecule has 2 aliphatic heterocycles. The molecule has 2 aromatic heterocycles. The Morgan fingerprint density at radius 1 is 1.29 bits per heavy atom. The molecule has 0 spiro atoms. The summed E-state index contributed by atoms with van der Waals surface area (Å²) in [5, 5.41) is 11.0. The highest BCUT2D eigenvalue weighted by atomic mass is 32.2. The molecule has 1 saturated heterocycles.